The van der Waals surface area contributed by atoms with Gasteiger partial charge in [-0.25, -0.2) is 4.79 Å². The Hall–Kier alpha value is -2.58. The summed E-state index contributed by atoms with van der Waals surface area (Å²) in [5, 5.41) is 8.48. The van der Waals surface area contributed by atoms with Gasteiger partial charge in [-0.3, -0.25) is 10.3 Å². The number of unbranched alkanes of at least 4 members (excludes halogenated alkanes) is 4. The molecule has 0 aliphatic carbocycles. The van der Waals surface area contributed by atoms with Crippen LogP contribution in [-0.4, -0.2) is 49.4 Å². The Kier molecular flexibility index (Phi) is 18.9. The van der Waals surface area contributed by atoms with Gasteiger partial charge < -0.3 is 30.7 Å². The third-order valence-corrected chi connectivity index (χ3v) is 3.95. The smallest absolute Gasteiger partial charge is 0.413 e. The fourth-order valence-corrected chi connectivity index (χ4v) is 2.36. The maximum absolute atomic E-state index is 11.4. The van der Waals surface area contributed by atoms with Crippen molar-refractivity contribution in [1.82, 2.24) is 16.0 Å². The van der Waals surface area contributed by atoms with E-state index in [-0.39, 0.29) is 11.6 Å². The molecule has 1 amide bonds. The lowest BCUT2D eigenvalue weighted by atomic mass is 10.1. The van der Waals surface area contributed by atoms with Crippen molar-refractivity contribution in [3.8, 4) is 0 Å². The van der Waals surface area contributed by atoms with Crippen LogP contribution in [0.1, 0.15) is 86.0 Å². The maximum Gasteiger partial charge on any atom is 0.413 e. The van der Waals surface area contributed by atoms with E-state index in [9.17, 15) is 14.4 Å². The Morgan fingerprint density at radius 2 is 1.34 bits per heavy atom. The zero-order valence-corrected chi connectivity index (χ0v) is 20.9. The number of nitrogens with zero attached hydrogens (tertiary/aromatic N) is 1. The van der Waals surface area contributed by atoms with E-state index in [0.717, 1.165) is 45.1 Å². The molecule has 0 aromatic carbocycles. The van der Waals surface area contributed by atoms with E-state index in [0.29, 0.717) is 31.2 Å². The third-order valence-electron chi connectivity index (χ3n) is 3.95. The van der Waals surface area contributed by atoms with E-state index in [1.54, 1.807) is 41.7 Å². The lowest BCUT2D eigenvalue weighted by Gasteiger charge is -2.20. The van der Waals surface area contributed by atoms with E-state index in [1.165, 1.54) is 0 Å². The molecule has 0 unspecified atom stereocenters. The van der Waals surface area contributed by atoms with E-state index >= 15 is 0 Å². The Labute approximate surface area is 194 Å². The van der Waals surface area contributed by atoms with Crippen LogP contribution in [0.3, 0.4) is 0 Å². The molecule has 0 aliphatic rings. The van der Waals surface area contributed by atoms with Crippen LogP contribution >= 0.6 is 0 Å². The van der Waals surface area contributed by atoms with E-state index in [2.05, 4.69) is 27.5 Å². The summed E-state index contributed by atoms with van der Waals surface area (Å²) in [6, 6.07) is 0. The molecule has 0 aromatic heterocycles. The van der Waals surface area contributed by atoms with Crippen molar-refractivity contribution in [1.29, 1.82) is 0 Å². The monoisotopic (exact) mass is 455 g/mol. The van der Waals surface area contributed by atoms with Gasteiger partial charge in [0.15, 0.2) is 5.96 Å². The number of ketones is 2. The minimum absolute atomic E-state index is 0.226. The predicted octanol–water partition coefficient (Wildman–Crippen LogP) is 3.39. The molecule has 9 nitrogen and oxygen atoms in total. The summed E-state index contributed by atoms with van der Waals surface area (Å²) in [5.41, 5.74) is 4.90. The van der Waals surface area contributed by atoms with Crippen LogP contribution in [0.2, 0.25) is 0 Å². The molecule has 0 spiro atoms. The van der Waals surface area contributed by atoms with Crippen LogP contribution in [0.5, 0.6) is 0 Å². The number of hydrogen-bond acceptors (Lipinski definition) is 6. The number of nitrogens with two attached hydrogens (primary N) is 1. The average molecular weight is 456 g/mol. The summed E-state index contributed by atoms with van der Waals surface area (Å²) in [6.45, 7) is 13.9. The summed E-state index contributed by atoms with van der Waals surface area (Å²) < 4.78 is 5.09. The van der Waals surface area contributed by atoms with Crippen LogP contribution < -0.4 is 21.7 Å². The summed E-state index contributed by atoms with van der Waals surface area (Å²) >= 11 is 0. The number of aliphatic imine (C=N–C) groups is 1. The largest absolute Gasteiger partial charge is 0.444 e. The molecule has 0 saturated heterocycles. The highest BCUT2D eigenvalue weighted by Crippen LogP contribution is 2.06. The fraction of sp³-hybridized carbons (Fsp3) is 0.739. The second kappa shape index (κ2) is 19.1. The molecule has 0 radical (unpaired) electrons. The summed E-state index contributed by atoms with van der Waals surface area (Å²) in [5.74, 6) is 1.40. The SMILES string of the molecule is C=C(NCCCCCC(C)=O)NC(=O)OC(C)(C)C.CN=C(N)NCCCCCC(C)=O. The first-order chi connectivity index (χ1) is 14.9. The Morgan fingerprint density at radius 3 is 1.75 bits per heavy atom. The Balaban J connectivity index is 0. The molecule has 32 heavy (non-hydrogen) atoms. The van der Waals surface area contributed by atoms with Gasteiger partial charge in [0.1, 0.15) is 23.0 Å². The minimum atomic E-state index is -0.517. The standard InChI is InChI=1S/C14H26N2O3.C9H19N3O/c1-11(17)9-7-6-8-10-15-12(2)16-13(18)19-14(3,4)5;1-8(13)6-4-3-5-7-12-9(10)11-2/h15H,2,6-10H2,1,3-5H3,(H,16,18);3-7H2,1-2H3,(H3,10,11,12). The zero-order valence-electron chi connectivity index (χ0n) is 20.9. The number of Topliss-reactive ketones (excluding diaryl/α,β-unsaturated/α-hetero) is 2. The van der Waals surface area contributed by atoms with Gasteiger partial charge >= 0.3 is 6.09 Å². The highest BCUT2D eigenvalue weighted by atomic mass is 16.6. The lowest BCUT2D eigenvalue weighted by molar-refractivity contribution is -0.117. The summed E-state index contributed by atoms with van der Waals surface area (Å²) in [7, 11) is 1.65. The quantitative estimate of drug-likeness (QED) is 0.179. The second-order valence-corrected chi connectivity index (χ2v) is 8.59. The molecule has 0 heterocycles. The molecule has 0 fully saturated rings. The van der Waals surface area contributed by atoms with Crippen molar-refractivity contribution in [2.24, 2.45) is 10.7 Å². The van der Waals surface area contributed by atoms with Crippen LogP contribution in [-0.2, 0) is 14.3 Å². The van der Waals surface area contributed by atoms with Gasteiger partial charge in [-0.15, -0.1) is 0 Å². The number of ether oxygens (including phenoxy) is 1. The number of alkyl carbamates (subject to hydrolysis) is 1. The molecule has 0 rings (SSSR count). The topological polar surface area (TPSA) is 135 Å². The van der Waals surface area contributed by atoms with Crippen LogP contribution in [0.25, 0.3) is 0 Å². The van der Waals surface area contributed by atoms with Crippen molar-refractivity contribution >= 4 is 23.6 Å². The maximum atomic E-state index is 11.4. The van der Waals surface area contributed by atoms with E-state index in [1.807, 2.05) is 0 Å². The molecule has 9 heteroatoms. The molecule has 186 valence electrons. The normalized spacial score (nSPS) is 11.0. The second-order valence-electron chi connectivity index (χ2n) is 8.59. The lowest BCUT2D eigenvalue weighted by Crippen LogP contribution is -2.36. The molecular weight excluding hydrogens is 410 g/mol. The Morgan fingerprint density at radius 1 is 0.875 bits per heavy atom. The number of amides is 1. The average Bonchev–Trinajstić information content (AvgIpc) is 2.65. The van der Waals surface area contributed by atoms with Crippen molar-refractivity contribution in [2.75, 3.05) is 20.1 Å². The molecule has 0 atom stereocenters. The van der Waals surface area contributed by atoms with Gasteiger partial charge in [0, 0.05) is 33.0 Å². The van der Waals surface area contributed by atoms with Crippen molar-refractivity contribution in [3.63, 3.8) is 0 Å². The first-order valence-electron chi connectivity index (χ1n) is 11.2. The highest BCUT2D eigenvalue weighted by Gasteiger charge is 2.16. The third kappa shape index (κ3) is 27.4. The number of carbonyl (C=O) groups is 3. The predicted molar refractivity (Wildman–Crippen MR) is 130 cm³/mol. The Bertz CT molecular complexity index is 598. The minimum Gasteiger partial charge on any atom is -0.444 e. The number of guanidine groups is 1. The van der Waals surface area contributed by atoms with Crippen molar-refractivity contribution in [2.45, 2.75) is 91.6 Å². The molecule has 0 bridgehead atoms. The number of rotatable bonds is 14. The molecule has 0 saturated carbocycles. The van der Waals surface area contributed by atoms with Gasteiger partial charge in [0.05, 0.1) is 0 Å². The van der Waals surface area contributed by atoms with Gasteiger partial charge in [-0.05, 0) is 60.3 Å². The van der Waals surface area contributed by atoms with Crippen LogP contribution in [0, 0.1) is 0 Å². The van der Waals surface area contributed by atoms with E-state index in [4.69, 9.17) is 10.5 Å². The summed E-state index contributed by atoms with van der Waals surface area (Å²) in [4.78, 5) is 36.5. The first kappa shape index (κ1) is 31.6. The van der Waals surface area contributed by atoms with Gasteiger partial charge in [0.2, 0.25) is 0 Å². The molecule has 5 N–H and O–H groups in total. The zero-order chi connectivity index (χ0) is 25.0. The van der Waals surface area contributed by atoms with Crippen molar-refractivity contribution in [3.05, 3.63) is 12.4 Å². The molecule has 0 aliphatic heterocycles. The molecule has 0 aromatic rings. The molecular formula is C23H45N5O4. The highest BCUT2D eigenvalue weighted by molar-refractivity contribution is 5.77. The number of nitrogens with one attached hydrogen (secondary N) is 3. The fourth-order valence-electron chi connectivity index (χ4n) is 2.36. The summed E-state index contributed by atoms with van der Waals surface area (Å²) in [6.07, 6.45) is 6.70. The van der Waals surface area contributed by atoms with Gasteiger partial charge in [0.25, 0.3) is 0 Å². The van der Waals surface area contributed by atoms with Crippen molar-refractivity contribution < 1.29 is 19.1 Å². The number of hydrogen-bond donors (Lipinski definition) is 4. The number of carbonyl (C=O) groups excluding carboxylic acids is 3. The van der Waals surface area contributed by atoms with E-state index < -0.39 is 11.7 Å². The van der Waals surface area contributed by atoms with Crippen LogP contribution in [0.4, 0.5) is 4.79 Å². The van der Waals surface area contributed by atoms with Gasteiger partial charge in [-0.1, -0.05) is 19.4 Å². The van der Waals surface area contributed by atoms with Crippen LogP contribution in [0.15, 0.2) is 17.4 Å². The van der Waals surface area contributed by atoms with Gasteiger partial charge in [-0.2, -0.15) is 0 Å². The first-order valence-corrected chi connectivity index (χ1v) is 11.2.